The lowest BCUT2D eigenvalue weighted by Gasteiger charge is -2.50. The number of carboxylic acids is 1. The molecule has 52 heavy (non-hydrogen) atoms. The van der Waals surface area contributed by atoms with Crippen LogP contribution in [0.3, 0.4) is 0 Å². The number of aliphatic carboxylic acids is 1. The standard InChI is InChI=1S/C35H26Cl2F4N4O7/c36-18-4-2-16(3-5-18)34-22(31(50)45(33(34)52)43-29-23(37)12-17(14-42-29)35(39,40)41)13-21-19(28(34)15-1-8-25(46)24(38)11-15)6-7-20-27(21)32(51)44(30(20)49)10-9-26(47)48/h1-6,8,11-12,14,20-22,27-28,46H,7,9-10,13H2,(H,42,43)(H,47,48). The monoisotopic (exact) mass is 760 g/mol. The molecule has 270 valence electrons. The van der Waals surface area contributed by atoms with Gasteiger partial charge in [-0.1, -0.05) is 53.1 Å². The molecule has 3 fully saturated rings. The van der Waals surface area contributed by atoms with Gasteiger partial charge in [0.05, 0.1) is 40.2 Å². The second-order valence-electron chi connectivity index (χ2n) is 13.1. The molecule has 11 nitrogen and oxygen atoms in total. The number of rotatable bonds is 7. The summed E-state index contributed by atoms with van der Waals surface area (Å²) < 4.78 is 55.3. The maximum atomic E-state index is 15.2. The molecule has 6 atom stereocenters. The molecule has 6 unspecified atom stereocenters. The highest BCUT2D eigenvalue weighted by Crippen LogP contribution is 2.64. The Morgan fingerprint density at radius 3 is 2.35 bits per heavy atom. The molecule has 3 N–H and O–H groups in total. The number of halogens is 6. The van der Waals surface area contributed by atoms with E-state index >= 15 is 9.18 Å². The number of nitrogens with one attached hydrogen (secondary N) is 1. The number of carboxylic acid groups (broad SMARTS) is 1. The van der Waals surface area contributed by atoms with Crippen molar-refractivity contribution in [3.63, 3.8) is 0 Å². The first-order chi connectivity index (χ1) is 24.5. The van der Waals surface area contributed by atoms with E-state index in [1.165, 1.54) is 30.3 Å². The van der Waals surface area contributed by atoms with Gasteiger partial charge >= 0.3 is 12.1 Å². The van der Waals surface area contributed by atoms with Crippen LogP contribution in [-0.4, -0.2) is 61.2 Å². The van der Waals surface area contributed by atoms with Crippen molar-refractivity contribution >= 4 is 58.6 Å². The molecule has 7 rings (SSSR count). The number of phenols is 1. The summed E-state index contributed by atoms with van der Waals surface area (Å²) in [5.74, 6) is -11.8. The van der Waals surface area contributed by atoms with Gasteiger partial charge in [0.2, 0.25) is 11.8 Å². The minimum absolute atomic E-state index is 0.0122. The van der Waals surface area contributed by atoms with Crippen molar-refractivity contribution in [2.75, 3.05) is 12.0 Å². The number of amides is 4. The first kappa shape index (κ1) is 35.4. The number of phenolic OH excluding ortho intramolecular Hbond substituents is 1. The van der Waals surface area contributed by atoms with Crippen LogP contribution in [0.25, 0.3) is 0 Å². The number of hydrogen-bond acceptors (Lipinski definition) is 8. The number of hydrazine groups is 1. The average molecular weight is 762 g/mol. The van der Waals surface area contributed by atoms with Gasteiger partial charge in [-0.3, -0.25) is 34.3 Å². The SMILES string of the molecule is O=C(O)CCN1C(=O)C2CC=C3C(CC4C(=O)N(Nc5ncc(C(F)(F)F)cc5Cl)C(=O)C4(c4ccc(Cl)cc4)C3c3ccc(O)c(F)c3)C2C1=O. The zero-order chi connectivity index (χ0) is 37.4. The number of alkyl halides is 3. The Morgan fingerprint density at radius 1 is 1.00 bits per heavy atom. The van der Waals surface area contributed by atoms with E-state index in [-0.39, 0.29) is 35.5 Å². The van der Waals surface area contributed by atoms with Gasteiger partial charge in [-0.15, -0.1) is 0 Å². The van der Waals surface area contributed by atoms with Gasteiger partial charge in [-0.2, -0.15) is 18.2 Å². The smallest absolute Gasteiger partial charge is 0.417 e. The molecule has 1 aromatic heterocycles. The van der Waals surface area contributed by atoms with E-state index in [4.69, 9.17) is 23.2 Å². The number of likely N-dealkylation sites (tertiary alicyclic amines) is 1. The van der Waals surface area contributed by atoms with Crippen LogP contribution in [0.5, 0.6) is 5.75 Å². The summed E-state index contributed by atoms with van der Waals surface area (Å²) in [4.78, 5) is 73.0. The van der Waals surface area contributed by atoms with Crippen LogP contribution < -0.4 is 5.43 Å². The molecule has 0 bridgehead atoms. The number of carbonyl (C=O) groups is 5. The Morgan fingerprint density at radius 2 is 1.71 bits per heavy atom. The Hall–Kier alpha value is -5.02. The Labute approximate surface area is 301 Å². The number of pyridine rings is 1. The van der Waals surface area contributed by atoms with E-state index < -0.39 is 105 Å². The van der Waals surface area contributed by atoms with Crippen molar-refractivity contribution in [2.24, 2.45) is 23.7 Å². The number of aromatic nitrogens is 1. The van der Waals surface area contributed by atoms with E-state index in [1.807, 2.05) is 0 Å². The topological polar surface area (TPSA) is 157 Å². The van der Waals surface area contributed by atoms with Gasteiger partial charge in [0.15, 0.2) is 17.4 Å². The quantitative estimate of drug-likeness (QED) is 0.156. The number of imide groups is 2. The lowest BCUT2D eigenvalue weighted by atomic mass is 9.49. The van der Waals surface area contributed by atoms with Gasteiger partial charge in [0, 0.05) is 23.7 Å². The molecular weight excluding hydrogens is 735 g/mol. The number of allylic oxidation sites excluding steroid dienone is 2. The van der Waals surface area contributed by atoms with Gasteiger partial charge < -0.3 is 10.2 Å². The van der Waals surface area contributed by atoms with E-state index in [0.717, 1.165) is 17.0 Å². The highest BCUT2D eigenvalue weighted by molar-refractivity contribution is 6.33. The van der Waals surface area contributed by atoms with Crippen LogP contribution in [-0.2, 0) is 35.6 Å². The molecular formula is C35H26Cl2F4N4O7. The van der Waals surface area contributed by atoms with Crippen LogP contribution in [0.2, 0.25) is 10.0 Å². The number of nitrogens with zero attached hydrogens (tertiary/aromatic N) is 3. The van der Waals surface area contributed by atoms with Crippen molar-refractivity contribution in [3.8, 4) is 5.75 Å². The number of fused-ring (bicyclic) bond motifs is 4. The molecule has 3 heterocycles. The third-order valence-corrected chi connectivity index (χ3v) is 11.0. The lowest BCUT2D eigenvalue weighted by molar-refractivity contribution is -0.143. The Balaban J connectivity index is 1.41. The number of anilines is 1. The summed E-state index contributed by atoms with van der Waals surface area (Å²) in [7, 11) is 0. The summed E-state index contributed by atoms with van der Waals surface area (Å²) in [6.45, 7) is -0.372. The molecule has 1 saturated carbocycles. The van der Waals surface area contributed by atoms with Gasteiger partial charge in [-0.25, -0.2) is 9.37 Å². The van der Waals surface area contributed by atoms with Crippen molar-refractivity contribution < 1.29 is 51.7 Å². The number of benzene rings is 2. The summed E-state index contributed by atoms with van der Waals surface area (Å²) in [5.41, 5.74) is 0.249. The number of aromatic hydroxyl groups is 1. The normalized spacial score (nSPS) is 27.0. The van der Waals surface area contributed by atoms with Crippen molar-refractivity contribution in [2.45, 2.75) is 36.8 Å². The third kappa shape index (κ3) is 5.40. The Bertz CT molecular complexity index is 2100. The molecule has 4 amide bonds. The van der Waals surface area contributed by atoms with E-state index in [9.17, 15) is 42.6 Å². The Kier molecular flexibility index (Phi) is 8.56. The first-order valence-corrected chi connectivity index (χ1v) is 16.7. The molecule has 0 spiro atoms. The largest absolute Gasteiger partial charge is 0.505 e. The highest BCUT2D eigenvalue weighted by atomic mass is 35.5. The van der Waals surface area contributed by atoms with Crippen LogP contribution in [0.4, 0.5) is 23.4 Å². The van der Waals surface area contributed by atoms with Gasteiger partial charge in [0.25, 0.3) is 11.8 Å². The average Bonchev–Trinajstić information content (AvgIpc) is 3.46. The first-order valence-electron chi connectivity index (χ1n) is 15.9. The minimum Gasteiger partial charge on any atom is -0.505 e. The van der Waals surface area contributed by atoms with Gasteiger partial charge in [0.1, 0.15) is 0 Å². The summed E-state index contributed by atoms with van der Waals surface area (Å²) in [5, 5.41) is 19.7. The molecule has 2 aromatic carbocycles. The molecule has 2 aliphatic heterocycles. The van der Waals surface area contributed by atoms with Crippen molar-refractivity contribution in [3.05, 3.63) is 98.9 Å². The van der Waals surface area contributed by atoms with E-state index in [0.29, 0.717) is 22.8 Å². The van der Waals surface area contributed by atoms with Crippen LogP contribution in [0, 0.1) is 29.5 Å². The summed E-state index contributed by atoms with van der Waals surface area (Å²) in [6.07, 6.45) is -3.30. The van der Waals surface area contributed by atoms with Crippen LogP contribution in [0.1, 0.15) is 41.9 Å². The summed E-state index contributed by atoms with van der Waals surface area (Å²) in [6, 6.07) is 10.0. The second kappa shape index (κ2) is 12.6. The fourth-order valence-electron chi connectivity index (χ4n) is 8.35. The fourth-order valence-corrected chi connectivity index (χ4v) is 8.69. The third-order valence-electron chi connectivity index (χ3n) is 10.5. The zero-order valence-electron chi connectivity index (χ0n) is 26.5. The lowest BCUT2D eigenvalue weighted by Crippen LogP contribution is -2.53. The van der Waals surface area contributed by atoms with E-state index in [2.05, 4.69) is 10.4 Å². The highest BCUT2D eigenvalue weighted by Gasteiger charge is 2.70. The van der Waals surface area contributed by atoms with Crippen molar-refractivity contribution in [1.29, 1.82) is 0 Å². The van der Waals surface area contributed by atoms with Crippen LogP contribution in [0.15, 0.2) is 66.4 Å². The van der Waals surface area contributed by atoms with E-state index in [1.54, 1.807) is 6.08 Å². The zero-order valence-corrected chi connectivity index (χ0v) is 28.0. The number of hydrogen-bond donors (Lipinski definition) is 3. The predicted octanol–water partition coefficient (Wildman–Crippen LogP) is 5.71. The van der Waals surface area contributed by atoms with Crippen LogP contribution >= 0.6 is 23.2 Å². The number of carbonyl (C=O) groups excluding carboxylic acids is 4. The fraction of sp³-hybridized carbons (Fsp3) is 0.314. The predicted molar refractivity (Wildman–Crippen MR) is 174 cm³/mol. The maximum Gasteiger partial charge on any atom is 0.417 e. The maximum absolute atomic E-state index is 15.2. The molecule has 17 heteroatoms. The van der Waals surface area contributed by atoms with Crippen molar-refractivity contribution in [1.82, 2.24) is 14.9 Å². The molecule has 0 radical (unpaired) electrons. The molecule has 3 aromatic rings. The summed E-state index contributed by atoms with van der Waals surface area (Å²) >= 11 is 12.4. The second-order valence-corrected chi connectivity index (χ2v) is 13.9. The minimum atomic E-state index is -4.79. The molecule has 4 aliphatic rings. The molecule has 2 aliphatic carbocycles. The van der Waals surface area contributed by atoms with Gasteiger partial charge in [-0.05, 0) is 60.2 Å². The molecule has 2 saturated heterocycles.